The van der Waals surface area contributed by atoms with Gasteiger partial charge in [-0.1, -0.05) is 45.9 Å². The Kier molecular flexibility index (Phi) is 6.45. The quantitative estimate of drug-likeness (QED) is 0.548. The zero-order chi connectivity index (χ0) is 18.4. The lowest BCUT2D eigenvalue weighted by Crippen LogP contribution is -2.44. The first kappa shape index (κ1) is 19.3. The fourth-order valence-electron chi connectivity index (χ4n) is 3.62. The van der Waals surface area contributed by atoms with E-state index in [1.165, 1.54) is 5.56 Å². The van der Waals surface area contributed by atoms with Gasteiger partial charge >= 0.3 is 0 Å². The standard InChI is InChI=1S/C20H32N4O/c1-14(2)11-20(3,4)13-23-19(21-5)22-12-15-10-18(25)24-17-9-7-6-8-16(15)17/h6-9,14-15H,10-13H2,1-5H3,(H,24,25)(H2,21,22,23). The van der Waals surface area contributed by atoms with Crippen molar-refractivity contribution in [2.75, 3.05) is 25.5 Å². The van der Waals surface area contributed by atoms with E-state index in [4.69, 9.17) is 0 Å². The second-order valence-electron chi connectivity index (χ2n) is 8.11. The molecule has 5 heteroatoms. The van der Waals surface area contributed by atoms with Crippen LogP contribution in [0.3, 0.4) is 0 Å². The Hall–Kier alpha value is -2.04. The lowest BCUT2D eigenvalue weighted by Gasteiger charge is -2.29. The van der Waals surface area contributed by atoms with Crippen molar-refractivity contribution in [3.05, 3.63) is 29.8 Å². The molecule has 138 valence electrons. The summed E-state index contributed by atoms with van der Waals surface area (Å²) in [6.07, 6.45) is 1.66. The summed E-state index contributed by atoms with van der Waals surface area (Å²) in [5, 5.41) is 9.76. The number of nitrogens with zero attached hydrogens (tertiary/aromatic N) is 1. The van der Waals surface area contributed by atoms with Crippen molar-refractivity contribution in [1.82, 2.24) is 10.6 Å². The number of aliphatic imine (C=N–C) groups is 1. The molecular formula is C20H32N4O. The van der Waals surface area contributed by atoms with Gasteiger partial charge in [0.05, 0.1) is 0 Å². The minimum atomic E-state index is 0.0755. The third-order valence-electron chi connectivity index (χ3n) is 4.54. The Morgan fingerprint density at radius 3 is 2.72 bits per heavy atom. The number of guanidine groups is 1. The van der Waals surface area contributed by atoms with Crippen molar-refractivity contribution >= 4 is 17.6 Å². The van der Waals surface area contributed by atoms with Crippen LogP contribution in [0.2, 0.25) is 0 Å². The Labute approximate surface area is 151 Å². The van der Waals surface area contributed by atoms with Crippen LogP contribution in [0.25, 0.3) is 0 Å². The first-order chi connectivity index (χ1) is 11.8. The second kappa shape index (κ2) is 8.37. The summed E-state index contributed by atoms with van der Waals surface area (Å²) in [5.74, 6) is 1.70. The van der Waals surface area contributed by atoms with Gasteiger partial charge in [0.15, 0.2) is 5.96 Å². The van der Waals surface area contributed by atoms with Gasteiger partial charge in [0.2, 0.25) is 5.91 Å². The molecule has 1 amide bonds. The number of carbonyl (C=O) groups excluding carboxylic acids is 1. The molecule has 0 aromatic heterocycles. The molecule has 0 spiro atoms. The highest BCUT2D eigenvalue weighted by atomic mass is 16.1. The van der Waals surface area contributed by atoms with Crippen LogP contribution in [0.5, 0.6) is 0 Å². The second-order valence-corrected chi connectivity index (χ2v) is 8.11. The Balaban J connectivity index is 1.92. The van der Waals surface area contributed by atoms with Crippen LogP contribution in [0.1, 0.15) is 52.0 Å². The minimum Gasteiger partial charge on any atom is -0.356 e. The number of nitrogens with one attached hydrogen (secondary N) is 3. The van der Waals surface area contributed by atoms with Gasteiger partial charge in [0.25, 0.3) is 0 Å². The SMILES string of the molecule is CN=C(NCC1CC(=O)Nc2ccccc21)NCC(C)(C)CC(C)C. The number of hydrogen-bond donors (Lipinski definition) is 3. The molecule has 0 fully saturated rings. The van der Waals surface area contributed by atoms with Gasteiger partial charge in [0, 0.05) is 38.2 Å². The van der Waals surface area contributed by atoms with Crippen LogP contribution in [-0.2, 0) is 4.79 Å². The molecule has 1 aliphatic heterocycles. The topological polar surface area (TPSA) is 65.5 Å². The maximum Gasteiger partial charge on any atom is 0.225 e. The Morgan fingerprint density at radius 2 is 2.04 bits per heavy atom. The summed E-state index contributed by atoms with van der Waals surface area (Å²) in [6.45, 7) is 10.6. The van der Waals surface area contributed by atoms with Crippen molar-refractivity contribution in [3.8, 4) is 0 Å². The summed E-state index contributed by atoms with van der Waals surface area (Å²) < 4.78 is 0. The molecular weight excluding hydrogens is 312 g/mol. The molecule has 25 heavy (non-hydrogen) atoms. The van der Waals surface area contributed by atoms with Crippen molar-refractivity contribution in [3.63, 3.8) is 0 Å². The van der Waals surface area contributed by atoms with Crippen LogP contribution < -0.4 is 16.0 Å². The van der Waals surface area contributed by atoms with Gasteiger partial charge in [-0.3, -0.25) is 9.79 Å². The fraction of sp³-hybridized carbons (Fsp3) is 0.600. The average Bonchev–Trinajstić information content (AvgIpc) is 2.53. The van der Waals surface area contributed by atoms with Gasteiger partial charge in [-0.2, -0.15) is 0 Å². The maximum absolute atomic E-state index is 11.9. The smallest absolute Gasteiger partial charge is 0.225 e. The Morgan fingerprint density at radius 1 is 1.32 bits per heavy atom. The fourth-order valence-corrected chi connectivity index (χ4v) is 3.62. The maximum atomic E-state index is 11.9. The molecule has 2 rings (SSSR count). The molecule has 1 atom stereocenters. The number of fused-ring (bicyclic) bond motifs is 1. The molecule has 0 bridgehead atoms. The lowest BCUT2D eigenvalue weighted by atomic mass is 9.84. The number of benzene rings is 1. The predicted octanol–water partition coefficient (Wildman–Crippen LogP) is 3.35. The molecule has 0 saturated carbocycles. The van der Waals surface area contributed by atoms with Gasteiger partial charge in [-0.05, 0) is 29.4 Å². The van der Waals surface area contributed by atoms with Gasteiger partial charge in [0.1, 0.15) is 0 Å². The average molecular weight is 345 g/mol. The van der Waals surface area contributed by atoms with E-state index < -0.39 is 0 Å². The molecule has 1 aromatic carbocycles. The monoisotopic (exact) mass is 344 g/mol. The minimum absolute atomic E-state index is 0.0755. The number of para-hydroxylation sites is 1. The van der Waals surface area contributed by atoms with Crippen molar-refractivity contribution in [2.45, 2.75) is 46.5 Å². The number of anilines is 1. The molecule has 0 aliphatic carbocycles. The van der Waals surface area contributed by atoms with Crippen LogP contribution >= 0.6 is 0 Å². The zero-order valence-electron chi connectivity index (χ0n) is 16.1. The molecule has 1 unspecified atom stereocenters. The van der Waals surface area contributed by atoms with E-state index in [2.05, 4.69) is 54.7 Å². The lowest BCUT2D eigenvalue weighted by molar-refractivity contribution is -0.116. The van der Waals surface area contributed by atoms with Crippen LogP contribution in [0.4, 0.5) is 5.69 Å². The molecule has 3 N–H and O–H groups in total. The molecule has 0 saturated heterocycles. The van der Waals surface area contributed by atoms with Gasteiger partial charge in [-0.25, -0.2) is 0 Å². The molecule has 1 heterocycles. The largest absolute Gasteiger partial charge is 0.356 e. The molecule has 0 radical (unpaired) electrons. The molecule has 5 nitrogen and oxygen atoms in total. The number of hydrogen-bond acceptors (Lipinski definition) is 2. The van der Waals surface area contributed by atoms with E-state index in [1.54, 1.807) is 7.05 Å². The third kappa shape index (κ3) is 5.76. The highest BCUT2D eigenvalue weighted by molar-refractivity contribution is 5.94. The summed E-state index contributed by atoms with van der Waals surface area (Å²) in [5.41, 5.74) is 2.32. The first-order valence-electron chi connectivity index (χ1n) is 9.14. The van der Waals surface area contributed by atoms with Gasteiger partial charge < -0.3 is 16.0 Å². The van der Waals surface area contributed by atoms with E-state index in [0.717, 1.165) is 24.6 Å². The number of rotatable bonds is 6. The highest BCUT2D eigenvalue weighted by Gasteiger charge is 2.25. The predicted molar refractivity (Wildman–Crippen MR) is 105 cm³/mol. The van der Waals surface area contributed by atoms with E-state index in [1.807, 2.05) is 18.2 Å². The van der Waals surface area contributed by atoms with Crippen LogP contribution in [-0.4, -0.2) is 32.0 Å². The molecule has 1 aromatic rings. The summed E-state index contributed by atoms with van der Waals surface area (Å²) in [6, 6.07) is 8.01. The van der Waals surface area contributed by atoms with E-state index in [0.29, 0.717) is 18.9 Å². The summed E-state index contributed by atoms with van der Waals surface area (Å²) in [4.78, 5) is 16.2. The first-order valence-corrected chi connectivity index (χ1v) is 9.14. The van der Waals surface area contributed by atoms with Crippen LogP contribution in [0.15, 0.2) is 29.3 Å². The van der Waals surface area contributed by atoms with E-state index in [-0.39, 0.29) is 17.2 Å². The Bertz CT molecular complexity index is 622. The van der Waals surface area contributed by atoms with Crippen molar-refractivity contribution in [2.24, 2.45) is 16.3 Å². The highest BCUT2D eigenvalue weighted by Crippen LogP contribution is 2.31. The van der Waals surface area contributed by atoms with Crippen molar-refractivity contribution in [1.29, 1.82) is 0 Å². The molecule has 1 aliphatic rings. The number of carbonyl (C=O) groups is 1. The van der Waals surface area contributed by atoms with E-state index >= 15 is 0 Å². The van der Waals surface area contributed by atoms with Crippen molar-refractivity contribution < 1.29 is 4.79 Å². The van der Waals surface area contributed by atoms with E-state index in [9.17, 15) is 4.79 Å². The van der Waals surface area contributed by atoms with Crippen LogP contribution in [0, 0.1) is 11.3 Å². The zero-order valence-corrected chi connectivity index (χ0v) is 16.1. The third-order valence-corrected chi connectivity index (χ3v) is 4.54. The normalized spacial score (nSPS) is 17.9. The summed E-state index contributed by atoms with van der Waals surface area (Å²) in [7, 11) is 1.78. The summed E-state index contributed by atoms with van der Waals surface area (Å²) >= 11 is 0. The number of amides is 1. The van der Waals surface area contributed by atoms with Gasteiger partial charge in [-0.15, -0.1) is 0 Å².